The first-order valence-electron chi connectivity index (χ1n) is 11.1. The summed E-state index contributed by atoms with van der Waals surface area (Å²) in [6, 6.07) is 11.6. The SMILES string of the molecule is C[C@H](C(=O)NC1CCCC1)N(Cc1ccc(Br)cc1)C(=O)CN(c1cccc(F)c1)S(C)(=O)=O. The molecule has 2 amide bonds. The average Bonchev–Trinajstić information content (AvgIpc) is 3.28. The van der Waals surface area contributed by atoms with Crippen LogP contribution in [-0.4, -0.2) is 50.0 Å². The molecule has 2 aromatic rings. The minimum absolute atomic E-state index is 0.0440. The van der Waals surface area contributed by atoms with Crippen LogP contribution >= 0.6 is 15.9 Å². The number of rotatable bonds is 9. The molecule has 1 aliphatic carbocycles. The van der Waals surface area contributed by atoms with Gasteiger partial charge in [-0.25, -0.2) is 12.8 Å². The highest BCUT2D eigenvalue weighted by atomic mass is 79.9. The molecule has 1 fully saturated rings. The minimum Gasteiger partial charge on any atom is -0.352 e. The van der Waals surface area contributed by atoms with E-state index in [-0.39, 0.29) is 24.2 Å². The maximum absolute atomic E-state index is 13.8. The first-order chi connectivity index (χ1) is 16.0. The number of anilines is 1. The molecule has 0 spiro atoms. The molecule has 0 unspecified atom stereocenters. The molecule has 2 aromatic carbocycles. The van der Waals surface area contributed by atoms with Crippen molar-refractivity contribution in [1.82, 2.24) is 10.2 Å². The second kappa shape index (κ2) is 11.3. The lowest BCUT2D eigenvalue weighted by molar-refractivity contribution is -0.139. The van der Waals surface area contributed by atoms with Crippen molar-refractivity contribution in [2.45, 2.75) is 51.2 Å². The molecule has 3 rings (SSSR count). The van der Waals surface area contributed by atoms with Gasteiger partial charge < -0.3 is 10.2 Å². The maximum Gasteiger partial charge on any atom is 0.244 e. The fourth-order valence-corrected chi connectivity index (χ4v) is 5.11. The third-order valence-electron chi connectivity index (χ3n) is 5.91. The Labute approximate surface area is 208 Å². The van der Waals surface area contributed by atoms with Crippen LogP contribution < -0.4 is 9.62 Å². The van der Waals surface area contributed by atoms with Crippen LogP contribution in [0.15, 0.2) is 53.0 Å². The van der Waals surface area contributed by atoms with E-state index < -0.39 is 34.3 Å². The van der Waals surface area contributed by atoms with Gasteiger partial charge in [0.15, 0.2) is 0 Å². The van der Waals surface area contributed by atoms with Crippen LogP contribution in [0.5, 0.6) is 0 Å². The van der Waals surface area contributed by atoms with Crippen LogP contribution in [0.2, 0.25) is 0 Å². The van der Waals surface area contributed by atoms with Gasteiger partial charge >= 0.3 is 0 Å². The third kappa shape index (κ3) is 7.02. The smallest absolute Gasteiger partial charge is 0.244 e. The summed E-state index contributed by atoms with van der Waals surface area (Å²) in [4.78, 5) is 27.8. The molecular formula is C24H29BrFN3O4S. The topological polar surface area (TPSA) is 86.8 Å². The first-order valence-corrected chi connectivity index (χ1v) is 13.8. The molecule has 184 valence electrons. The number of hydrogen-bond donors (Lipinski definition) is 1. The number of nitrogens with zero attached hydrogens (tertiary/aromatic N) is 2. The van der Waals surface area contributed by atoms with Gasteiger partial charge in [0.1, 0.15) is 18.4 Å². The number of sulfonamides is 1. The number of halogens is 2. The van der Waals surface area contributed by atoms with E-state index in [9.17, 15) is 22.4 Å². The Balaban J connectivity index is 1.87. The minimum atomic E-state index is -3.89. The van der Waals surface area contributed by atoms with Crippen LogP contribution in [0, 0.1) is 5.82 Å². The van der Waals surface area contributed by atoms with E-state index in [0.29, 0.717) is 0 Å². The highest BCUT2D eigenvalue weighted by Crippen LogP contribution is 2.21. The van der Waals surface area contributed by atoms with E-state index in [1.807, 2.05) is 24.3 Å². The van der Waals surface area contributed by atoms with Crippen molar-refractivity contribution < 1.29 is 22.4 Å². The van der Waals surface area contributed by atoms with Gasteiger partial charge in [0.2, 0.25) is 21.8 Å². The molecule has 1 atom stereocenters. The standard InChI is InChI=1S/C24H29BrFN3O4S/c1-17(24(31)27-21-7-3-4-8-21)28(15-18-10-12-19(25)13-11-18)23(30)16-29(34(2,32)33)22-9-5-6-20(26)14-22/h5-6,9-14,17,21H,3-4,7-8,15-16H2,1-2H3,(H,27,31)/t17-/m1/s1. The third-order valence-corrected chi connectivity index (χ3v) is 7.58. The van der Waals surface area contributed by atoms with Crippen LogP contribution in [0.1, 0.15) is 38.2 Å². The van der Waals surface area contributed by atoms with E-state index in [1.54, 1.807) is 6.92 Å². The molecule has 10 heteroatoms. The van der Waals surface area contributed by atoms with Gasteiger partial charge in [-0.1, -0.05) is 47.0 Å². The van der Waals surface area contributed by atoms with Crippen LogP contribution in [0.4, 0.5) is 10.1 Å². The van der Waals surface area contributed by atoms with E-state index >= 15 is 0 Å². The van der Waals surface area contributed by atoms with Crippen LogP contribution in [0.25, 0.3) is 0 Å². The molecule has 0 saturated heterocycles. The molecule has 0 radical (unpaired) electrons. The largest absolute Gasteiger partial charge is 0.352 e. The summed E-state index contributed by atoms with van der Waals surface area (Å²) in [5.74, 6) is -1.46. The van der Waals surface area contributed by atoms with Crippen molar-refractivity contribution in [2.24, 2.45) is 0 Å². The molecular weight excluding hydrogens is 525 g/mol. The van der Waals surface area contributed by atoms with E-state index in [0.717, 1.165) is 52.3 Å². The Morgan fingerprint density at radius 3 is 2.38 bits per heavy atom. The quantitative estimate of drug-likeness (QED) is 0.511. The number of benzene rings is 2. The average molecular weight is 554 g/mol. The van der Waals surface area contributed by atoms with Gasteiger partial charge in [-0.05, 0) is 55.7 Å². The summed E-state index contributed by atoms with van der Waals surface area (Å²) in [5, 5.41) is 3.01. The Kier molecular flexibility index (Phi) is 8.70. The van der Waals surface area contributed by atoms with E-state index in [1.165, 1.54) is 23.1 Å². The van der Waals surface area contributed by atoms with Crippen molar-refractivity contribution in [3.63, 3.8) is 0 Å². The Bertz CT molecular complexity index is 1120. The monoisotopic (exact) mass is 553 g/mol. The molecule has 1 aliphatic rings. The molecule has 1 N–H and O–H groups in total. The fourth-order valence-electron chi connectivity index (χ4n) is 4.01. The zero-order valence-electron chi connectivity index (χ0n) is 19.2. The number of carbonyl (C=O) groups excluding carboxylic acids is 2. The highest BCUT2D eigenvalue weighted by molar-refractivity contribution is 9.10. The van der Waals surface area contributed by atoms with Crippen molar-refractivity contribution in [3.05, 3.63) is 64.4 Å². The Morgan fingerprint density at radius 1 is 1.15 bits per heavy atom. The lowest BCUT2D eigenvalue weighted by Crippen LogP contribution is -2.52. The number of hydrogen-bond acceptors (Lipinski definition) is 4. The van der Waals surface area contributed by atoms with E-state index in [4.69, 9.17) is 0 Å². The van der Waals surface area contributed by atoms with Gasteiger partial charge in [-0.15, -0.1) is 0 Å². The van der Waals surface area contributed by atoms with Crippen molar-refractivity contribution in [2.75, 3.05) is 17.1 Å². The summed E-state index contributed by atoms with van der Waals surface area (Å²) < 4.78 is 40.5. The molecule has 0 aliphatic heterocycles. The van der Waals surface area contributed by atoms with Crippen LogP contribution in [-0.2, 0) is 26.2 Å². The Hall–Kier alpha value is -2.46. The van der Waals surface area contributed by atoms with Gasteiger partial charge in [-0.2, -0.15) is 0 Å². The van der Waals surface area contributed by atoms with Crippen molar-refractivity contribution in [3.8, 4) is 0 Å². The normalized spacial score (nSPS) is 15.1. The predicted molar refractivity (Wildman–Crippen MR) is 133 cm³/mol. The zero-order valence-corrected chi connectivity index (χ0v) is 21.6. The lowest BCUT2D eigenvalue weighted by atomic mass is 10.1. The second-order valence-corrected chi connectivity index (χ2v) is 11.4. The predicted octanol–water partition coefficient (Wildman–Crippen LogP) is 3.83. The van der Waals surface area contributed by atoms with Crippen molar-refractivity contribution in [1.29, 1.82) is 0 Å². The fraction of sp³-hybridized carbons (Fsp3) is 0.417. The summed E-state index contributed by atoms with van der Waals surface area (Å²) in [6.45, 7) is 1.19. The first kappa shape index (κ1) is 26.2. The van der Waals surface area contributed by atoms with Crippen molar-refractivity contribution >= 4 is 43.5 Å². The molecule has 0 bridgehead atoms. The van der Waals surface area contributed by atoms with Crippen LogP contribution in [0.3, 0.4) is 0 Å². The molecule has 0 heterocycles. The van der Waals surface area contributed by atoms with Gasteiger partial charge in [0.25, 0.3) is 0 Å². The van der Waals surface area contributed by atoms with Gasteiger partial charge in [0, 0.05) is 17.1 Å². The number of amides is 2. The number of nitrogens with one attached hydrogen (secondary N) is 1. The van der Waals surface area contributed by atoms with Gasteiger partial charge in [0.05, 0.1) is 11.9 Å². The van der Waals surface area contributed by atoms with Gasteiger partial charge in [-0.3, -0.25) is 13.9 Å². The molecule has 7 nitrogen and oxygen atoms in total. The summed E-state index contributed by atoms with van der Waals surface area (Å²) >= 11 is 3.38. The number of carbonyl (C=O) groups is 2. The second-order valence-electron chi connectivity index (χ2n) is 8.56. The summed E-state index contributed by atoms with van der Waals surface area (Å²) in [6.07, 6.45) is 4.87. The highest BCUT2D eigenvalue weighted by Gasteiger charge is 2.31. The summed E-state index contributed by atoms with van der Waals surface area (Å²) in [5.41, 5.74) is 0.830. The zero-order chi connectivity index (χ0) is 24.9. The maximum atomic E-state index is 13.8. The lowest BCUT2D eigenvalue weighted by Gasteiger charge is -2.32. The molecule has 0 aromatic heterocycles. The van der Waals surface area contributed by atoms with E-state index in [2.05, 4.69) is 21.2 Å². The molecule has 1 saturated carbocycles. The summed E-state index contributed by atoms with van der Waals surface area (Å²) in [7, 11) is -3.89. The molecule has 34 heavy (non-hydrogen) atoms. The Morgan fingerprint density at radius 2 is 1.79 bits per heavy atom.